The molecule has 5 rings (SSSR count). The minimum absolute atomic E-state index is 0.179. The second-order valence-electron chi connectivity index (χ2n) is 9.78. The zero-order valence-corrected chi connectivity index (χ0v) is 19.2. The summed E-state index contributed by atoms with van der Waals surface area (Å²) in [6.45, 7) is 5.13. The summed E-state index contributed by atoms with van der Waals surface area (Å²) in [5.41, 5.74) is 3.83. The van der Waals surface area contributed by atoms with E-state index < -0.39 is 11.8 Å². The number of amides is 3. The van der Waals surface area contributed by atoms with Gasteiger partial charge in [0.2, 0.25) is 5.91 Å². The Morgan fingerprint density at radius 1 is 0.939 bits per heavy atom. The molecular formula is C25H34N4O4. The fraction of sp³-hybridized carbons (Fsp3) is 0.640. The Balaban J connectivity index is 1.12. The SMILES string of the molecule is O=C(NCC1CCN(C2CCOCC2)CC1)C(=O)Nc1cc2c3c(c1)CCC(=O)N3CCC2. The number of piperidine rings is 1. The second kappa shape index (κ2) is 9.81. The standard InChI is InChI=1S/C25H34N4O4/c30-22-4-3-19-15-20(14-18-2-1-9-29(22)23(18)19)27-25(32)24(31)26-16-17-5-10-28(11-6-17)21-7-12-33-13-8-21/h14-15,17,21H,1-13,16H2,(H,26,31)(H,27,32). The highest BCUT2D eigenvalue weighted by atomic mass is 16.5. The van der Waals surface area contributed by atoms with Gasteiger partial charge in [-0.15, -0.1) is 0 Å². The van der Waals surface area contributed by atoms with Crippen LogP contribution in [-0.2, 0) is 32.0 Å². The van der Waals surface area contributed by atoms with Gasteiger partial charge in [-0.05, 0) is 87.2 Å². The van der Waals surface area contributed by atoms with E-state index in [4.69, 9.17) is 4.74 Å². The Bertz CT molecular complexity index is 902. The molecule has 4 aliphatic heterocycles. The van der Waals surface area contributed by atoms with Crippen molar-refractivity contribution in [2.24, 2.45) is 5.92 Å². The molecule has 0 saturated carbocycles. The maximum atomic E-state index is 12.5. The number of hydrogen-bond donors (Lipinski definition) is 2. The molecule has 0 aromatic heterocycles. The summed E-state index contributed by atoms with van der Waals surface area (Å²) < 4.78 is 5.47. The highest BCUT2D eigenvalue weighted by molar-refractivity contribution is 6.39. The minimum atomic E-state index is -0.624. The summed E-state index contributed by atoms with van der Waals surface area (Å²) in [5.74, 6) is -0.612. The van der Waals surface area contributed by atoms with Crippen LogP contribution in [0.5, 0.6) is 0 Å². The zero-order valence-electron chi connectivity index (χ0n) is 19.2. The lowest BCUT2D eigenvalue weighted by Gasteiger charge is -2.39. The lowest BCUT2D eigenvalue weighted by molar-refractivity contribution is -0.136. The molecule has 4 aliphatic rings. The van der Waals surface area contributed by atoms with E-state index in [9.17, 15) is 14.4 Å². The molecule has 3 amide bonds. The number of benzene rings is 1. The number of aryl methyl sites for hydroxylation is 2. The maximum Gasteiger partial charge on any atom is 0.313 e. The molecule has 1 aromatic rings. The van der Waals surface area contributed by atoms with Gasteiger partial charge in [0.1, 0.15) is 0 Å². The van der Waals surface area contributed by atoms with E-state index in [0.29, 0.717) is 37.0 Å². The Morgan fingerprint density at radius 2 is 1.67 bits per heavy atom. The van der Waals surface area contributed by atoms with Gasteiger partial charge in [0.15, 0.2) is 0 Å². The van der Waals surface area contributed by atoms with Crippen LogP contribution in [0, 0.1) is 5.92 Å². The van der Waals surface area contributed by atoms with Gasteiger partial charge in [0, 0.05) is 44.5 Å². The number of rotatable bonds is 4. The Morgan fingerprint density at radius 3 is 2.42 bits per heavy atom. The van der Waals surface area contributed by atoms with E-state index in [0.717, 1.165) is 88.2 Å². The third-order valence-electron chi connectivity index (χ3n) is 7.65. The van der Waals surface area contributed by atoms with E-state index in [-0.39, 0.29) is 5.91 Å². The van der Waals surface area contributed by atoms with Gasteiger partial charge < -0.3 is 25.2 Å². The quantitative estimate of drug-likeness (QED) is 0.678. The van der Waals surface area contributed by atoms with Crippen LogP contribution in [0.1, 0.15) is 49.7 Å². The van der Waals surface area contributed by atoms with Crippen LogP contribution in [0.2, 0.25) is 0 Å². The van der Waals surface area contributed by atoms with Crippen molar-refractivity contribution >= 4 is 29.1 Å². The topological polar surface area (TPSA) is 91.0 Å². The fourth-order valence-electron chi connectivity index (χ4n) is 5.80. The molecule has 33 heavy (non-hydrogen) atoms. The van der Waals surface area contributed by atoms with Gasteiger partial charge in [-0.2, -0.15) is 0 Å². The van der Waals surface area contributed by atoms with Crippen molar-refractivity contribution in [2.45, 2.75) is 57.4 Å². The molecule has 0 bridgehead atoms. The Hall–Kier alpha value is -2.45. The molecule has 0 atom stereocenters. The monoisotopic (exact) mass is 454 g/mol. The Kier molecular flexibility index (Phi) is 6.64. The summed E-state index contributed by atoms with van der Waals surface area (Å²) in [6, 6.07) is 4.47. The molecule has 2 saturated heterocycles. The fourth-order valence-corrected chi connectivity index (χ4v) is 5.80. The number of carbonyl (C=O) groups excluding carboxylic acids is 3. The number of nitrogens with zero attached hydrogens (tertiary/aromatic N) is 2. The van der Waals surface area contributed by atoms with Crippen molar-refractivity contribution < 1.29 is 19.1 Å². The average Bonchev–Trinajstić information content (AvgIpc) is 2.85. The van der Waals surface area contributed by atoms with Gasteiger partial charge in [-0.25, -0.2) is 0 Å². The third kappa shape index (κ3) is 4.92. The lowest BCUT2D eigenvalue weighted by atomic mass is 9.91. The van der Waals surface area contributed by atoms with Crippen molar-refractivity contribution in [3.8, 4) is 0 Å². The molecule has 0 aliphatic carbocycles. The van der Waals surface area contributed by atoms with Crippen molar-refractivity contribution in [2.75, 3.05) is 49.6 Å². The summed E-state index contributed by atoms with van der Waals surface area (Å²) >= 11 is 0. The van der Waals surface area contributed by atoms with Crippen molar-refractivity contribution in [1.29, 1.82) is 0 Å². The molecule has 2 N–H and O–H groups in total. The van der Waals surface area contributed by atoms with E-state index >= 15 is 0 Å². The molecule has 0 unspecified atom stereocenters. The average molecular weight is 455 g/mol. The molecule has 0 radical (unpaired) electrons. The lowest BCUT2D eigenvalue weighted by Crippen LogP contribution is -2.46. The van der Waals surface area contributed by atoms with E-state index in [1.165, 1.54) is 0 Å². The van der Waals surface area contributed by atoms with E-state index in [1.54, 1.807) is 0 Å². The van der Waals surface area contributed by atoms with Gasteiger partial charge in [-0.3, -0.25) is 14.4 Å². The summed E-state index contributed by atoms with van der Waals surface area (Å²) in [4.78, 5) is 41.6. The zero-order chi connectivity index (χ0) is 22.8. The minimum Gasteiger partial charge on any atom is -0.381 e. The highest BCUT2D eigenvalue weighted by Crippen LogP contribution is 2.37. The third-order valence-corrected chi connectivity index (χ3v) is 7.65. The first-order valence-electron chi connectivity index (χ1n) is 12.5. The number of ether oxygens (including phenoxy) is 1. The smallest absolute Gasteiger partial charge is 0.313 e. The number of nitrogens with one attached hydrogen (secondary N) is 2. The maximum absolute atomic E-state index is 12.5. The van der Waals surface area contributed by atoms with Gasteiger partial charge in [-0.1, -0.05) is 0 Å². The van der Waals surface area contributed by atoms with Crippen LogP contribution in [0.4, 0.5) is 11.4 Å². The number of likely N-dealkylation sites (tertiary alicyclic amines) is 1. The van der Waals surface area contributed by atoms with Crippen LogP contribution < -0.4 is 15.5 Å². The van der Waals surface area contributed by atoms with E-state index in [1.807, 2.05) is 17.0 Å². The summed E-state index contributed by atoms with van der Waals surface area (Å²) in [6.07, 6.45) is 7.29. The summed E-state index contributed by atoms with van der Waals surface area (Å²) in [7, 11) is 0. The van der Waals surface area contributed by atoms with Crippen molar-refractivity contribution in [3.05, 3.63) is 23.3 Å². The van der Waals surface area contributed by atoms with Crippen LogP contribution >= 0.6 is 0 Å². The highest BCUT2D eigenvalue weighted by Gasteiger charge is 2.30. The van der Waals surface area contributed by atoms with E-state index in [2.05, 4.69) is 15.5 Å². The predicted octanol–water partition coefficient (Wildman–Crippen LogP) is 1.86. The second-order valence-corrected chi connectivity index (χ2v) is 9.78. The van der Waals surface area contributed by atoms with Crippen LogP contribution in [0.3, 0.4) is 0 Å². The largest absolute Gasteiger partial charge is 0.381 e. The molecule has 178 valence electrons. The number of hydrogen-bond acceptors (Lipinski definition) is 5. The van der Waals surface area contributed by atoms with Gasteiger partial charge >= 0.3 is 11.8 Å². The Labute approximate surface area is 195 Å². The molecule has 4 heterocycles. The summed E-state index contributed by atoms with van der Waals surface area (Å²) in [5, 5.41) is 5.62. The molecule has 8 heteroatoms. The number of carbonyl (C=O) groups is 3. The number of anilines is 2. The molecule has 1 aromatic carbocycles. The first-order chi connectivity index (χ1) is 16.1. The molecule has 8 nitrogen and oxygen atoms in total. The van der Waals surface area contributed by atoms with Crippen LogP contribution in [0.25, 0.3) is 0 Å². The van der Waals surface area contributed by atoms with Crippen LogP contribution in [-0.4, -0.2) is 68.1 Å². The molecule has 2 fully saturated rings. The molecule has 0 spiro atoms. The van der Waals surface area contributed by atoms with Gasteiger partial charge in [0.05, 0.1) is 5.69 Å². The molecular weight excluding hydrogens is 420 g/mol. The first-order valence-corrected chi connectivity index (χ1v) is 12.5. The first kappa shape index (κ1) is 22.3. The predicted molar refractivity (Wildman–Crippen MR) is 125 cm³/mol. The van der Waals surface area contributed by atoms with Crippen molar-refractivity contribution in [1.82, 2.24) is 10.2 Å². The van der Waals surface area contributed by atoms with Crippen LogP contribution in [0.15, 0.2) is 12.1 Å². The van der Waals surface area contributed by atoms with Crippen molar-refractivity contribution in [3.63, 3.8) is 0 Å². The van der Waals surface area contributed by atoms with Gasteiger partial charge in [0.25, 0.3) is 0 Å². The normalized spacial score (nSPS) is 22.1.